The normalized spacial score (nSPS) is 19.8. The Morgan fingerprint density at radius 1 is 1.44 bits per heavy atom. The molecule has 1 N–H and O–H groups in total. The van der Waals surface area contributed by atoms with Crippen molar-refractivity contribution in [2.45, 2.75) is 12.5 Å². The number of carbonyl (C=O) groups excluding carboxylic acids is 2. The van der Waals surface area contributed by atoms with Crippen molar-refractivity contribution in [1.29, 1.82) is 0 Å². The fourth-order valence-electron chi connectivity index (χ4n) is 1.92. The van der Waals surface area contributed by atoms with Gasteiger partial charge < -0.3 is 5.32 Å². The molecule has 0 saturated carbocycles. The van der Waals surface area contributed by atoms with Crippen LogP contribution in [0.15, 0.2) is 17.8 Å². The van der Waals surface area contributed by atoms with Crippen LogP contribution in [0.2, 0.25) is 0 Å². The molecule has 6 nitrogen and oxygen atoms in total. The number of hydrogen-bond acceptors (Lipinski definition) is 6. The summed E-state index contributed by atoms with van der Waals surface area (Å²) < 4.78 is 0.896. The lowest BCUT2D eigenvalue weighted by atomic mass is 10.2. The van der Waals surface area contributed by atoms with Crippen LogP contribution in [0, 0.1) is 0 Å². The van der Waals surface area contributed by atoms with Crippen molar-refractivity contribution in [2.24, 2.45) is 0 Å². The van der Waals surface area contributed by atoms with Crippen LogP contribution < -0.4 is 5.32 Å². The second kappa shape index (κ2) is 4.02. The monoisotopic (exact) mass is 262 g/mol. The second-order valence-corrected chi connectivity index (χ2v) is 4.97. The van der Waals surface area contributed by atoms with Crippen LogP contribution >= 0.6 is 11.3 Å². The fourth-order valence-corrected chi connectivity index (χ4v) is 2.72. The first-order valence-corrected chi connectivity index (χ1v) is 6.30. The number of anilines is 1. The van der Waals surface area contributed by atoms with Crippen LogP contribution in [-0.4, -0.2) is 39.8 Å². The number of aromatic nitrogens is 2. The first-order valence-electron chi connectivity index (χ1n) is 5.42. The Kier molecular flexibility index (Phi) is 2.48. The fraction of sp³-hybridized carbons (Fsp3) is 0.273. The largest absolute Gasteiger partial charge is 0.357 e. The topological polar surface area (TPSA) is 75.2 Å². The molecule has 1 fully saturated rings. The molecule has 1 aliphatic rings. The third-order valence-corrected chi connectivity index (χ3v) is 3.85. The average Bonchev–Trinajstić information content (AvgIpc) is 2.92. The molecule has 1 saturated heterocycles. The van der Waals surface area contributed by atoms with E-state index >= 15 is 0 Å². The molecule has 3 rings (SSSR count). The lowest BCUT2D eigenvalue weighted by Crippen LogP contribution is -2.32. The Balaban J connectivity index is 1.91. The standard InChI is InChI=1S/C11H10N4O2S/c1-15-8(16)4-7(11(15)17)14-10-9-6(2-3-18-9)12-5-13-10/h2-3,5,7H,4H2,1H3,(H,12,13,14). The van der Waals surface area contributed by atoms with Gasteiger partial charge in [0.05, 0.1) is 16.6 Å². The highest BCUT2D eigenvalue weighted by molar-refractivity contribution is 7.17. The lowest BCUT2D eigenvalue weighted by Gasteiger charge is -2.11. The molecule has 0 aromatic carbocycles. The number of likely N-dealkylation sites (tertiary alicyclic amines) is 1. The van der Waals surface area contributed by atoms with Crippen molar-refractivity contribution in [2.75, 3.05) is 12.4 Å². The van der Waals surface area contributed by atoms with E-state index in [1.165, 1.54) is 24.7 Å². The van der Waals surface area contributed by atoms with E-state index in [0.29, 0.717) is 5.82 Å². The molecule has 18 heavy (non-hydrogen) atoms. The molecule has 0 spiro atoms. The minimum absolute atomic E-state index is 0.172. The molecule has 1 unspecified atom stereocenters. The minimum atomic E-state index is -0.525. The molecule has 2 aromatic heterocycles. The maximum atomic E-state index is 11.8. The summed E-state index contributed by atoms with van der Waals surface area (Å²) in [5.41, 5.74) is 0.836. The van der Waals surface area contributed by atoms with Gasteiger partial charge in [-0.25, -0.2) is 9.97 Å². The lowest BCUT2D eigenvalue weighted by molar-refractivity contribution is -0.136. The van der Waals surface area contributed by atoms with Crippen molar-refractivity contribution in [3.63, 3.8) is 0 Å². The number of fused-ring (bicyclic) bond motifs is 1. The molecule has 0 bridgehead atoms. The molecule has 92 valence electrons. The SMILES string of the molecule is CN1C(=O)CC(Nc2ncnc3ccsc23)C1=O. The van der Waals surface area contributed by atoms with Crippen molar-refractivity contribution in [1.82, 2.24) is 14.9 Å². The Hall–Kier alpha value is -2.02. The Morgan fingerprint density at radius 3 is 3.00 bits per heavy atom. The molecular formula is C11H10N4O2S. The van der Waals surface area contributed by atoms with Crippen LogP contribution in [0.3, 0.4) is 0 Å². The van der Waals surface area contributed by atoms with Gasteiger partial charge in [0, 0.05) is 7.05 Å². The molecule has 2 amide bonds. The molecule has 2 aromatic rings. The maximum absolute atomic E-state index is 11.8. The molecule has 0 aliphatic carbocycles. The van der Waals surface area contributed by atoms with Crippen LogP contribution in [0.25, 0.3) is 10.2 Å². The Morgan fingerprint density at radius 2 is 2.28 bits per heavy atom. The van der Waals surface area contributed by atoms with Gasteiger partial charge in [0.15, 0.2) is 0 Å². The first kappa shape index (κ1) is 11.1. The van der Waals surface area contributed by atoms with Gasteiger partial charge in [-0.05, 0) is 11.4 Å². The smallest absolute Gasteiger partial charge is 0.251 e. The number of carbonyl (C=O) groups is 2. The van der Waals surface area contributed by atoms with Crippen LogP contribution in [-0.2, 0) is 9.59 Å². The van der Waals surface area contributed by atoms with Crippen molar-refractivity contribution in [3.8, 4) is 0 Å². The van der Waals surface area contributed by atoms with Crippen LogP contribution in [0.1, 0.15) is 6.42 Å². The summed E-state index contributed by atoms with van der Waals surface area (Å²) in [4.78, 5) is 32.6. The third kappa shape index (κ3) is 1.63. The van der Waals surface area contributed by atoms with Crippen molar-refractivity contribution >= 4 is 39.2 Å². The number of imide groups is 1. The summed E-state index contributed by atoms with van der Waals surface area (Å²) in [7, 11) is 1.49. The zero-order chi connectivity index (χ0) is 12.7. The van der Waals surface area contributed by atoms with E-state index in [0.717, 1.165) is 15.1 Å². The van der Waals surface area contributed by atoms with E-state index in [1.807, 2.05) is 11.4 Å². The number of thiophene rings is 1. The molecule has 3 heterocycles. The number of hydrogen-bond donors (Lipinski definition) is 1. The van der Waals surface area contributed by atoms with E-state index in [4.69, 9.17) is 0 Å². The van der Waals surface area contributed by atoms with E-state index in [9.17, 15) is 9.59 Å². The summed E-state index contributed by atoms with van der Waals surface area (Å²) in [6, 6.07) is 1.36. The Bertz CT molecular complexity index is 639. The molecule has 7 heteroatoms. The number of nitrogens with one attached hydrogen (secondary N) is 1. The number of likely N-dealkylation sites (N-methyl/N-ethyl adjacent to an activating group) is 1. The number of rotatable bonds is 2. The summed E-state index contributed by atoms with van der Waals surface area (Å²) in [6.07, 6.45) is 1.62. The Labute approximate surface area is 107 Å². The maximum Gasteiger partial charge on any atom is 0.251 e. The molecular weight excluding hydrogens is 252 g/mol. The highest BCUT2D eigenvalue weighted by Crippen LogP contribution is 2.26. The van der Waals surface area contributed by atoms with Gasteiger partial charge in [0.2, 0.25) is 5.91 Å². The number of nitrogens with zero attached hydrogens (tertiary/aromatic N) is 3. The second-order valence-electron chi connectivity index (χ2n) is 4.05. The molecule has 1 atom stereocenters. The zero-order valence-corrected chi connectivity index (χ0v) is 10.4. The predicted molar refractivity (Wildman–Crippen MR) is 67.2 cm³/mol. The van der Waals surface area contributed by atoms with Gasteiger partial charge in [0.25, 0.3) is 5.91 Å². The van der Waals surface area contributed by atoms with Crippen molar-refractivity contribution < 1.29 is 9.59 Å². The van der Waals surface area contributed by atoms with Gasteiger partial charge in [-0.3, -0.25) is 14.5 Å². The molecule has 1 aliphatic heterocycles. The highest BCUT2D eigenvalue weighted by Gasteiger charge is 2.36. The zero-order valence-electron chi connectivity index (χ0n) is 9.58. The van der Waals surface area contributed by atoms with Gasteiger partial charge in [-0.1, -0.05) is 0 Å². The van der Waals surface area contributed by atoms with E-state index in [1.54, 1.807) is 0 Å². The quantitative estimate of drug-likeness (QED) is 0.812. The van der Waals surface area contributed by atoms with Gasteiger partial charge >= 0.3 is 0 Å². The van der Waals surface area contributed by atoms with E-state index in [-0.39, 0.29) is 18.2 Å². The summed E-state index contributed by atoms with van der Waals surface area (Å²) >= 11 is 1.50. The van der Waals surface area contributed by atoms with E-state index in [2.05, 4.69) is 15.3 Å². The first-order chi connectivity index (χ1) is 8.66. The highest BCUT2D eigenvalue weighted by atomic mass is 32.1. The molecule has 0 radical (unpaired) electrons. The van der Waals surface area contributed by atoms with E-state index < -0.39 is 6.04 Å². The summed E-state index contributed by atoms with van der Waals surface area (Å²) in [6.45, 7) is 0. The summed E-state index contributed by atoms with van der Waals surface area (Å²) in [5, 5.41) is 4.94. The van der Waals surface area contributed by atoms with Gasteiger partial charge in [-0.2, -0.15) is 0 Å². The number of amides is 2. The van der Waals surface area contributed by atoms with Crippen LogP contribution in [0.5, 0.6) is 0 Å². The summed E-state index contributed by atoms with van der Waals surface area (Å²) in [5.74, 6) is 0.216. The third-order valence-electron chi connectivity index (χ3n) is 2.94. The predicted octanol–water partition coefficient (Wildman–Crippen LogP) is 0.860. The van der Waals surface area contributed by atoms with Crippen LogP contribution in [0.4, 0.5) is 5.82 Å². The minimum Gasteiger partial charge on any atom is -0.357 e. The van der Waals surface area contributed by atoms with Gasteiger partial charge in [0.1, 0.15) is 18.2 Å². The van der Waals surface area contributed by atoms with Crippen molar-refractivity contribution in [3.05, 3.63) is 17.8 Å². The van der Waals surface area contributed by atoms with Gasteiger partial charge in [-0.15, -0.1) is 11.3 Å². The average molecular weight is 262 g/mol.